The topological polar surface area (TPSA) is 93.1 Å². The Balaban J connectivity index is 2.07. The average molecular weight is 433 g/mol. The van der Waals surface area contributed by atoms with Crippen LogP contribution in [0.4, 0.5) is 0 Å². The van der Waals surface area contributed by atoms with Gasteiger partial charge in [0.2, 0.25) is 0 Å². The third kappa shape index (κ3) is 4.51. The van der Waals surface area contributed by atoms with Crippen LogP contribution in [0.15, 0.2) is 18.2 Å². The molecule has 0 unspecified atom stereocenters. The van der Waals surface area contributed by atoms with Crippen LogP contribution in [-0.2, 0) is 16.0 Å². The van der Waals surface area contributed by atoms with Crippen LogP contribution in [0, 0.1) is 22.7 Å². The van der Waals surface area contributed by atoms with Crippen molar-refractivity contribution in [3.63, 3.8) is 0 Å². The molecule has 2 aliphatic carbocycles. The summed E-state index contributed by atoms with van der Waals surface area (Å²) in [5.41, 5.74) is -0.767. The fourth-order valence-electron chi connectivity index (χ4n) is 6.39. The van der Waals surface area contributed by atoms with Gasteiger partial charge < -0.3 is 19.7 Å². The maximum absolute atomic E-state index is 11.7. The minimum Gasteiger partial charge on any atom is -0.427 e. The van der Waals surface area contributed by atoms with E-state index in [2.05, 4.69) is 20.8 Å². The molecule has 2 fully saturated rings. The van der Waals surface area contributed by atoms with Crippen LogP contribution in [0.3, 0.4) is 0 Å². The molecule has 3 rings (SSSR count). The van der Waals surface area contributed by atoms with Crippen molar-refractivity contribution in [2.45, 2.75) is 85.4 Å². The van der Waals surface area contributed by atoms with Gasteiger partial charge in [-0.15, -0.1) is 0 Å². The molecule has 172 valence electrons. The predicted molar refractivity (Wildman–Crippen MR) is 117 cm³/mol. The molecule has 2 aliphatic rings. The van der Waals surface area contributed by atoms with Gasteiger partial charge in [0.05, 0.1) is 11.7 Å². The minimum atomic E-state index is -1.30. The highest BCUT2D eigenvalue weighted by molar-refractivity contribution is 5.71. The second-order valence-corrected chi connectivity index (χ2v) is 10.6. The summed E-state index contributed by atoms with van der Waals surface area (Å²) in [6.45, 7) is 11.1. The van der Waals surface area contributed by atoms with Gasteiger partial charge in [-0.3, -0.25) is 9.59 Å². The van der Waals surface area contributed by atoms with E-state index in [1.165, 1.54) is 13.8 Å². The number of hydrogen-bond donors (Lipinski definition) is 2. The van der Waals surface area contributed by atoms with E-state index in [-0.39, 0.29) is 22.7 Å². The second kappa shape index (κ2) is 8.21. The Hall–Kier alpha value is -1.92. The van der Waals surface area contributed by atoms with E-state index in [9.17, 15) is 19.8 Å². The van der Waals surface area contributed by atoms with E-state index < -0.39 is 23.6 Å². The van der Waals surface area contributed by atoms with Crippen LogP contribution in [-0.4, -0.2) is 33.9 Å². The Kier molecular flexibility index (Phi) is 6.29. The summed E-state index contributed by atoms with van der Waals surface area (Å²) in [5.74, 6) is -0.153. The number of fused-ring (bicyclic) bond motifs is 1. The summed E-state index contributed by atoms with van der Waals surface area (Å²) in [6, 6.07) is 4.90. The maximum Gasteiger partial charge on any atom is 0.308 e. The fourth-order valence-corrected chi connectivity index (χ4v) is 6.39. The molecule has 0 aromatic heterocycles. The zero-order valence-electron chi connectivity index (χ0n) is 19.5. The lowest BCUT2D eigenvalue weighted by atomic mass is 9.44. The number of hydrogen-bond acceptors (Lipinski definition) is 6. The van der Waals surface area contributed by atoms with Crippen molar-refractivity contribution in [1.82, 2.24) is 0 Å². The first-order valence-electron chi connectivity index (χ1n) is 11.2. The van der Waals surface area contributed by atoms with Crippen molar-refractivity contribution >= 4 is 11.9 Å². The lowest BCUT2D eigenvalue weighted by Gasteiger charge is -2.62. The number of carbonyl (C=O) groups is 2. The fraction of sp³-hybridized carbons (Fsp3) is 0.680. The molecule has 0 heterocycles. The third-order valence-corrected chi connectivity index (χ3v) is 7.88. The predicted octanol–water partition coefficient (Wildman–Crippen LogP) is 4.04. The molecular formula is C25H36O6. The van der Waals surface area contributed by atoms with Crippen molar-refractivity contribution in [2.24, 2.45) is 22.7 Å². The first-order valence-corrected chi connectivity index (χ1v) is 11.2. The molecule has 6 heteroatoms. The SMILES string of the molecule is CC(=O)Oc1ccc(OC(C)=O)c(C[C@H]2[C@](C)(O)[C@H](O)C[C@H]3C(C)(C)CCC[C@@]32C)c1. The number of rotatable bonds is 4. The molecule has 2 saturated carbocycles. The standard InChI is InChI=1S/C25H36O6/c1-15(26)30-18-8-9-19(31-16(2)27)17(12-18)13-21-24(5)11-7-10-23(3,4)20(24)14-22(28)25(21,6)29/h8-9,12,20-22,28-29H,7,10-11,13-14H2,1-6H3/t20-,21+,22+,24-,25-/m0/s1. The van der Waals surface area contributed by atoms with Gasteiger partial charge in [0, 0.05) is 13.8 Å². The second-order valence-electron chi connectivity index (χ2n) is 10.6. The molecule has 0 saturated heterocycles. The van der Waals surface area contributed by atoms with E-state index in [1.54, 1.807) is 25.1 Å². The average Bonchev–Trinajstić information content (AvgIpc) is 2.62. The van der Waals surface area contributed by atoms with Gasteiger partial charge in [0.15, 0.2) is 0 Å². The van der Waals surface area contributed by atoms with Gasteiger partial charge in [0.25, 0.3) is 0 Å². The van der Waals surface area contributed by atoms with Gasteiger partial charge in [-0.25, -0.2) is 0 Å². The van der Waals surface area contributed by atoms with Crippen molar-refractivity contribution in [2.75, 3.05) is 0 Å². The van der Waals surface area contributed by atoms with Crippen LogP contribution in [0.2, 0.25) is 0 Å². The van der Waals surface area contributed by atoms with E-state index in [0.29, 0.717) is 29.9 Å². The first-order chi connectivity index (χ1) is 14.3. The minimum absolute atomic E-state index is 0.0566. The molecule has 6 nitrogen and oxygen atoms in total. The molecule has 0 radical (unpaired) electrons. The van der Waals surface area contributed by atoms with E-state index in [4.69, 9.17) is 9.47 Å². The summed E-state index contributed by atoms with van der Waals surface area (Å²) in [4.78, 5) is 23.1. The molecule has 1 aromatic carbocycles. The molecule has 1 aromatic rings. The maximum atomic E-state index is 11.7. The molecular weight excluding hydrogens is 396 g/mol. The molecule has 31 heavy (non-hydrogen) atoms. The van der Waals surface area contributed by atoms with Crippen LogP contribution in [0.1, 0.15) is 72.8 Å². The lowest BCUT2D eigenvalue weighted by Crippen LogP contribution is -2.64. The molecule has 0 aliphatic heterocycles. The highest BCUT2D eigenvalue weighted by atomic mass is 16.5. The molecule has 5 atom stereocenters. The number of esters is 2. The summed E-state index contributed by atoms with van der Waals surface area (Å²) < 4.78 is 10.7. The quantitative estimate of drug-likeness (QED) is 0.551. The van der Waals surface area contributed by atoms with Crippen molar-refractivity contribution in [3.05, 3.63) is 23.8 Å². The normalized spacial score (nSPS) is 34.5. The zero-order chi connectivity index (χ0) is 23.2. The van der Waals surface area contributed by atoms with E-state index in [0.717, 1.165) is 19.3 Å². The van der Waals surface area contributed by atoms with Crippen LogP contribution < -0.4 is 9.47 Å². The molecule has 0 spiro atoms. The number of benzene rings is 1. The van der Waals surface area contributed by atoms with Gasteiger partial charge in [-0.2, -0.15) is 0 Å². The Labute approximate surface area is 184 Å². The van der Waals surface area contributed by atoms with E-state index >= 15 is 0 Å². The Morgan fingerprint density at radius 1 is 1.06 bits per heavy atom. The third-order valence-electron chi connectivity index (χ3n) is 7.88. The van der Waals surface area contributed by atoms with Crippen LogP contribution in [0.5, 0.6) is 11.5 Å². The number of ether oxygens (including phenoxy) is 2. The highest BCUT2D eigenvalue weighted by Gasteiger charge is 2.61. The molecule has 0 bridgehead atoms. The Morgan fingerprint density at radius 2 is 1.71 bits per heavy atom. The van der Waals surface area contributed by atoms with Crippen LogP contribution in [0.25, 0.3) is 0 Å². The highest BCUT2D eigenvalue weighted by Crippen LogP contribution is 2.62. The van der Waals surface area contributed by atoms with Gasteiger partial charge in [-0.05, 0) is 79.0 Å². The monoisotopic (exact) mass is 432 g/mol. The van der Waals surface area contributed by atoms with Crippen molar-refractivity contribution < 1.29 is 29.3 Å². The first kappa shape index (κ1) is 23.7. The number of carbonyl (C=O) groups excluding carboxylic acids is 2. The van der Waals surface area contributed by atoms with E-state index in [1.807, 2.05) is 0 Å². The molecule has 0 amide bonds. The number of aliphatic hydroxyl groups is 2. The Bertz CT molecular complexity index is 858. The zero-order valence-corrected chi connectivity index (χ0v) is 19.5. The summed E-state index contributed by atoms with van der Waals surface area (Å²) in [6.07, 6.45) is 3.23. The number of aliphatic hydroxyl groups excluding tert-OH is 1. The lowest BCUT2D eigenvalue weighted by molar-refractivity contribution is -0.218. The summed E-state index contributed by atoms with van der Waals surface area (Å²) in [7, 11) is 0. The van der Waals surface area contributed by atoms with Crippen molar-refractivity contribution in [1.29, 1.82) is 0 Å². The largest absolute Gasteiger partial charge is 0.427 e. The van der Waals surface area contributed by atoms with Gasteiger partial charge in [-0.1, -0.05) is 27.2 Å². The van der Waals surface area contributed by atoms with Gasteiger partial charge >= 0.3 is 11.9 Å². The van der Waals surface area contributed by atoms with Crippen LogP contribution >= 0.6 is 0 Å². The summed E-state index contributed by atoms with van der Waals surface area (Å²) >= 11 is 0. The molecule has 2 N–H and O–H groups in total. The van der Waals surface area contributed by atoms with Crippen molar-refractivity contribution in [3.8, 4) is 11.5 Å². The smallest absolute Gasteiger partial charge is 0.308 e. The Morgan fingerprint density at radius 3 is 2.32 bits per heavy atom. The summed E-state index contributed by atoms with van der Waals surface area (Å²) in [5, 5.41) is 22.4. The van der Waals surface area contributed by atoms with Gasteiger partial charge in [0.1, 0.15) is 11.5 Å².